The van der Waals surface area contributed by atoms with Gasteiger partial charge in [-0.05, 0) is 12.1 Å². The molecule has 0 heterocycles. The lowest BCUT2D eigenvalue weighted by atomic mass is 10.2. The molecule has 100 valence electrons. The molecule has 0 saturated heterocycles. The van der Waals surface area contributed by atoms with Gasteiger partial charge in [-0.25, -0.2) is 13.2 Å². The molecule has 0 amide bonds. The molecule has 0 fully saturated rings. The van der Waals surface area contributed by atoms with Crippen molar-refractivity contribution in [1.82, 2.24) is 0 Å². The van der Waals surface area contributed by atoms with Gasteiger partial charge in [-0.3, -0.25) is 0 Å². The van der Waals surface area contributed by atoms with Crippen LogP contribution in [0, 0.1) is 17.5 Å². The lowest BCUT2D eigenvalue weighted by Gasteiger charge is -2.11. The third kappa shape index (κ3) is 2.73. The summed E-state index contributed by atoms with van der Waals surface area (Å²) in [6.45, 7) is 0. The Kier molecular flexibility index (Phi) is 3.50. The van der Waals surface area contributed by atoms with E-state index in [9.17, 15) is 13.2 Å². The minimum Gasteiger partial charge on any atom is -0.495 e. The predicted molar refractivity (Wildman–Crippen MR) is 67.0 cm³/mol. The van der Waals surface area contributed by atoms with E-state index in [0.29, 0.717) is 0 Å². The Morgan fingerprint density at radius 2 is 1.74 bits per heavy atom. The van der Waals surface area contributed by atoms with Crippen LogP contribution in [-0.2, 0) is 0 Å². The molecule has 6 heteroatoms. The molecule has 2 aromatic rings. The Morgan fingerprint density at radius 3 is 2.37 bits per heavy atom. The summed E-state index contributed by atoms with van der Waals surface area (Å²) in [7, 11) is 1.39. The first-order chi connectivity index (χ1) is 9.01. The number of nitrogen functional groups attached to an aromatic ring is 1. The highest BCUT2D eigenvalue weighted by Crippen LogP contribution is 2.30. The average molecular weight is 268 g/mol. The molecule has 0 spiro atoms. The van der Waals surface area contributed by atoms with Crippen LogP contribution in [0.3, 0.4) is 0 Å². The van der Waals surface area contributed by atoms with E-state index in [4.69, 9.17) is 10.5 Å². The van der Waals surface area contributed by atoms with Crippen molar-refractivity contribution in [2.75, 3.05) is 18.2 Å². The summed E-state index contributed by atoms with van der Waals surface area (Å²) in [6.07, 6.45) is 0. The quantitative estimate of drug-likeness (QED) is 0.838. The maximum atomic E-state index is 13.7. The van der Waals surface area contributed by atoms with Gasteiger partial charge in [-0.15, -0.1) is 0 Å². The summed E-state index contributed by atoms with van der Waals surface area (Å²) in [6, 6.07) is 5.59. The number of hydrogen-bond acceptors (Lipinski definition) is 3. The minimum atomic E-state index is -1.02. The van der Waals surface area contributed by atoms with Crippen LogP contribution in [0.5, 0.6) is 5.75 Å². The summed E-state index contributed by atoms with van der Waals surface area (Å²) in [5.74, 6) is -2.33. The molecule has 3 nitrogen and oxygen atoms in total. The molecule has 0 aromatic heterocycles. The number of nitrogens with two attached hydrogens (primary N) is 1. The van der Waals surface area contributed by atoms with Gasteiger partial charge in [0.05, 0.1) is 18.5 Å². The van der Waals surface area contributed by atoms with Crippen molar-refractivity contribution in [3.8, 4) is 5.75 Å². The van der Waals surface area contributed by atoms with Gasteiger partial charge in [0.2, 0.25) is 0 Å². The van der Waals surface area contributed by atoms with Gasteiger partial charge < -0.3 is 15.8 Å². The van der Waals surface area contributed by atoms with Crippen LogP contribution in [-0.4, -0.2) is 7.11 Å². The van der Waals surface area contributed by atoms with Crippen molar-refractivity contribution < 1.29 is 17.9 Å². The van der Waals surface area contributed by atoms with Crippen LogP contribution in [0.15, 0.2) is 30.3 Å². The average Bonchev–Trinajstić information content (AvgIpc) is 2.37. The lowest BCUT2D eigenvalue weighted by Crippen LogP contribution is -1.99. The molecule has 2 aromatic carbocycles. The number of halogens is 3. The number of ether oxygens (including phenoxy) is 1. The van der Waals surface area contributed by atoms with E-state index >= 15 is 0 Å². The highest BCUT2D eigenvalue weighted by molar-refractivity contribution is 5.67. The first-order valence-electron chi connectivity index (χ1n) is 5.36. The first kappa shape index (κ1) is 13.1. The molecule has 19 heavy (non-hydrogen) atoms. The maximum absolute atomic E-state index is 13.7. The minimum absolute atomic E-state index is 0.0528. The van der Waals surface area contributed by atoms with E-state index in [-0.39, 0.29) is 22.8 Å². The van der Waals surface area contributed by atoms with E-state index < -0.39 is 17.5 Å². The SMILES string of the molecule is COc1cc(Nc2ccc(F)c(F)c2)c(F)cc1N. The second-order valence-electron chi connectivity index (χ2n) is 3.83. The molecule has 0 aliphatic rings. The smallest absolute Gasteiger partial charge is 0.160 e. The number of rotatable bonds is 3. The Bertz CT molecular complexity index is 617. The molecular weight excluding hydrogens is 257 g/mol. The van der Waals surface area contributed by atoms with E-state index in [2.05, 4.69) is 5.32 Å². The Balaban J connectivity index is 2.34. The van der Waals surface area contributed by atoms with Crippen molar-refractivity contribution in [2.45, 2.75) is 0 Å². The highest BCUT2D eigenvalue weighted by atomic mass is 19.2. The number of anilines is 3. The number of benzene rings is 2. The van der Waals surface area contributed by atoms with Crippen LogP contribution in [0.25, 0.3) is 0 Å². The van der Waals surface area contributed by atoms with E-state index in [1.165, 1.54) is 19.2 Å². The third-order valence-electron chi connectivity index (χ3n) is 2.52. The zero-order valence-electron chi connectivity index (χ0n) is 10.0. The molecular formula is C13H11F3N2O. The summed E-state index contributed by atoms with van der Waals surface area (Å²) >= 11 is 0. The molecule has 3 N–H and O–H groups in total. The Morgan fingerprint density at radius 1 is 1.00 bits per heavy atom. The monoisotopic (exact) mass is 268 g/mol. The summed E-state index contributed by atoms with van der Waals surface area (Å²) in [5.41, 5.74) is 5.95. The van der Waals surface area contributed by atoms with Crippen LogP contribution in [0.4, 0.5) is 30.2 Å². The summed E-state index contributed by atoms with van der Waals surface area (Å²) in [4.78, 5) is 0. The predicted octanol–water partition coefficient (Wildman–Crippen LogP) is 3.44. The van der Waals surface area contributed by atoms with Gasteiger partial charge in [0.1, 0.15) is 11.6 Å². The van der Waals surface area contributed by atoms with Crippen LogP contribution >= 0.6 is 0 Å². The second kappa shape index (κ2) is 5.09. The largest absolute Gasteiger partial charge is 0.495 e. The van der Waals surface area contributed by atoms with Gasteiger partial charge in [-0.2, -0.15) is 0 Å². The Hall–Kier alpha value is -2.37. The van der Waals surface area contributed by atoms with Gasteiger partial charge >= 0.3 is 0 Å². The standard InChI is InChI=1S/C13H11F3N2O/c1-19-13-6-12(10(16)5-11(13)17)18-7-2-3-8(14)9(15)4-7/h2-6,18H,17H2,1H3. The van der Waals surface area contributed by atoms with Gasteiger partial charge in [0, 0.05) is 23.9 Å². The van der Waals surface area contributed by atoms with Crippen molar-refractivity contribution in [3.63, 3.8) is 0 Å². The summed E-state index contributed by atoms with van der Waals surface area (Å²) in [5, 5.41) is 2.62. The van der Waals surface area contributed by atoms with E-state index in [1.54, 1.807) is 0 Å². The van der Waals surface area contributed by atoms with Gasteiger partial charge in [-0.1, -0.05) is 0 Å². The van der Waals surface area contributed by atoms with Crippen LogP contribution < -0.4 is 15.8 Å². The molecule has 0 saturated carbocycles. The normalized spacial score (nSPS) is 10.3. The Labute approximate surface area is 107 Å². The third-order valence-corrected chi connectivity index (χ3v) is 2.52. The molecule has 0 bridgehead atoms. The van der Waals surface area contributed by atoms with Crippen LogP contribution in [0.1, 0.15) is 0 Å². The molecule has 0 aliphatic carbocycles. The molecule has 0 aliphatic heterocycles. The van der Waals surface area contributed by atoms with Gasteiger partial charge in [0.15, 0.2) is 11.6 Å². The van der Waals surface area contributed by atoms with Gasteiger partial charge in [0.25, 0.3) is 0 Å². The zero-order chi connectivity index (χ0) is 14.0. The fourth-order valence-electron chi connectivity index (χ4n) is 1.57. The van der Waals surface area contributed by atoms with E-state index in [0.717, 1.165) is 18.2 Å². The maximum Gasteiger partial charge on any atom is 0.160 e. The fourth-order valence-corrected chi connectivity index (χ4v) is 1.57. The number of hydrogen-bond donors (Lipinski definition) is 2. The molecule has 0 unspecified atom stereocenters. The molecule has 0 atom stereocenters. The molecule has 2 rings (SSSR count). The fraction of sp³-hybridized carbons (Fsp3) is 0.0769. The molecule has 0 radical (unpaired) electrons. The zero-order valence-corrected chi connectivity index (χ0v) is 10.0. The number of nitrogens with one attached hydrogen (secondary N) is 1. The van der Waals surface area contributed by atoms with Crippen molar-refractivity contribution in [2.24, 2.45) is 0 Å². The van der Waals surface area contributed by atoms with Crippen LogP contribution in [0.2, 0.25) is 0 Å². The summed E-state index contributed by atoms with van der Waals surface area (Å²) < 4.78 is 44.4. The first-order valence-corrected chi connectivity index (χ1v) is 5.36. The van der Waals surface area contributed by atoms with Crippen molar-refractivity contribution >= 4 is 17.1 Å². The number of methoxy groups -OCH3 is 1. The second-order valence-corrected chi connectivity index (χ2v) is 3.83. The van der Waals surface area contributed by atoms with Crippen molar-refractivity contribution in [1.29, 1.82) is 0 Å². The topological polar surface area (TPSA) is 47.3 Å². The lowest BCUT2D eigenvalue weighted by molar-refractivity contribution is 0.416. The van der Waals surface area contributed by atoms with E-state index in [1.807, 2.05) is 0 Å². The van der Waals surface area contributed by atoms with Crippen molar-refractivity contribution in [3.05, 3.63) is 47.8 Å². The highest BCUT2D eigenvalue weighted by Gasteiger charge is 2.10.